The van der Waals surface area contributed by atoms with Crippen LogP contribution in [0.25, 0.3) is 0 Å². The maximum absolute atomic E-state index is 12.7. The van der Waals surface area contributed by atoms with Gasteiger partial charge in [-0.2, -0.15) is 13.2 Å². The summed E-state index contributed by atoms with van der Waals surface area (Å²) >= 11 is 1.44. The molecule has 1 aromatic rings. The second kappa shape index (κ2) is 8.02. The van der Waals surface area contributed by atoms with E-state index in [-0.39, 0.29) is 11.6 Å². The summed E-state index contributed by atoms with van der Waals surface area (Å²) in [6.45, 7) is -0.655. The number of esters is 1. The minimum absolute atomic E-state index is 0.0550. The van der Waals surface area contributed by atoms with E-state index >= 15 is 0 Å². The summed E-state index contributed by atoms with van der Waals surface area (Å²) in [5.74, 6) is -1.33. The van der Waals surface area contributed by atoms with E-state index in [1.165, 1.54) is 17.8 Å². The van der Waals surface area contributed by atoms with Crippen LogP contribution < -0.4 is 10.6 Å². The zero-order valence-corrected chi connectivity index (χ0v) is 15.6. The Hall–Kier alpha value is -2.23. The van der Waals surface area contributed by atoms with Crippen molar-refractivity contribution in [3.05, 3.63) is 29.8 Å². The molecule has 1 saturated heterocycles. The fourth-order valence-electron chi connectivity index (χ4n) is 3.29. The predicted molar refractivity (Wildman–Crippen MR) is 96.6 cm³/mol. The average Bonchev–Trinajstić information content (AvgIpc) is 3.11. The molecule has 152 valence electrons. The van der Waals surface area contributed by atoms with E-state index in [1.807, 2.05) is 0 Å². The van der Waals surface area contributed by atoms with Gasteiger partial charge in [0.15, 0.2) is 6.61 Å². The largest absolute Gasteiger partial charge is 0.454 e. The highest BCUT2D eigenvalue weighted by molar-refractivity contribution is 8.01. The van der Waals surface area contributed by atoms with Gasteiger partial charge >= 0.3 is 12.1 Å². The molecule has 1 atom stereocenters. The van der Waals surface area contributed by atoms with Crippen LogP contribution in [0.3, 0.4) is 0 Å². The summed E-state index contributed by atoms with van der Waals surface area (Å²) in [5.41, 5.74) is -0.953. The van der Waals surface area contributed by atoms with Gasteiger partial charge in [-0.25, -0.2) is 4.79 Å². The first kappa shape index (κ1) is 20.5. The second-order valence-corrected chi connectivity index (χ2v) is 8.18. The van der Waals surface area contributed by atoms with Crippen molar-refractivity contribution in [2.75, 3.05) is 17.7 Å². The van der Waals surface area contributed by atoms with Gasteiger partial charge in [0.1, 0.15) is 6.04 Å². The third-order valence-corrected chi connectivity index (χ3v) is 6.41. The number of carbonyl (C=O) groups is 3. The number of ether oxygens (including phenoxy) is 1. The Kier molecular flexibility index (Phi) is 5.87. The third kappa shape index (κ3) is 4.60. The molecule has 1 heterocycles. The van der Waals surface area contributed by atoms with E-state index in [1.54, 1.807) is 0 Å². The molecule has 0 bridgehead atoms. The van der Waals surface area contributed by atoms with Crippen molar-refractivity contribution >= 4 is 35.2 Å². The number of carbonyl (C=O) groups excluding carboxylic acids is 3. The lowest BCUT2D eigenvalue weighted by Gasteiger charge is -2.35. The lowest BCUT2D eigenvalue weighted by molar-refractivity contribution is -0.150. The van der Waals surface area contributed by atoms with Crippen molar-refractivity contribution in [1.82, 2.24) is 5.32 Å². The zero-order valence-electron chi connectivity index (χ0n) is 14.8. The van der Waals surface area contributed by atoms with Crippen LogP contribution in [0, 0.1) is 0 Å². The molecular weight excluding hydrogens is 397 g/mol. The molecule has 0 aromatic heterocycles. The number of nitrogens with one attached hydrogen (secondary N) is 2. The zero-order chi connectivity index (χ0) is 20.4. The van der Waals surface area contributed by atoms with Gasteiger partial charge in [-0.3, -0.25) is 9.59 Å². The molecule has 2 aliphatic rings. The molecule has 3 rings (SSSR count). The van der Waals surface area contributed by atoms with Crippen LogP contribution in [-0.4, -0.2) is 40.9 Å². The van der Waals surface area contributed by atoms with Gasteiger partial charge in [-0.1, -0.05) is 18.9 Å². The van der Waals surface area contributed by atoms with Crippen LogP contribution >= 0.6 is 11.8 Å². The number of benzene rings is 1. The van der Waals surface area contributed by atoms with Crippen molar-refractivity contribution in [3.8, 4) is 0 Å². The maximum atomic E-state index is 12.7. The van der Waals surface area contributed by atoms with Gasteiger partial charge in [0, 0.05) is 11.4 Å². The molecule has 28 heavy (non-hydrogen) atoms. The highest BCUT2D eigenvalue weighted by Gasteiger charge is 2.47. The number of rotatable bonds is 4. The number of halogens is 3. The SMILES string of the molecule is O=C(COC(=O)[C@H]1CSC2(CCCC2)C(=O)N1)Nc1cccc(C(F)(F)F)c1. The summed E-state index contributed by atoms with van der Waals surface area (Å²) in [5, 5.41) is 4.91. The van der Waals surface area contributed by atoms with E-state index in [9.17, 15) is 27.6 Å². The van der Waals surface area contributed by atoms with Crippen molar-refractivity contribution in [1.29, 1.82) is 0 Å². The molecular formula is C18H19F3N2O4S. The highest BCUT2D eigenvalue weighted by atomic mass is 32.2. The van der Waals surface area contributed by atoms with Crippen LogP contribution in [0.5, 0.6) is 0 Å². The molecule has 2 N–H and O–H groups in total. The molecule has 1 aliphatic carbocycles. The summed E-state index contributed by atoms with van der Waals surface area (Å²) in [6, 6.07) is 3.30. The Labute approximate surface area is 163 Å². The van der Waals surface area contributed by atoms with E-state index < -0.39 is 41.0 Å². The fourth-order valence-corrected chi connectivity index (χ4v) is 4.76. The van der Waals surface area contributed by atoms with Crippen LogP contribution in [0.1, 0.15) is 31.2 Å². The predicted octanol–water partition coefficient (Wildman–Crippen LogP) is 2.73. The molecule has 1 aliphatic heterocycles. The molecule has 1 aromatic carbocycles. The molecule has 0 unspecified atom stereocenters. The van der Waals surface area contributed by atoms with E-state index in [0.29, 0.717) is 5.75 Å². The van der Waals surface area contributed by atoms with Crippen LogP contribution in [0.15, 0.2) is 24.3 Å². The highest BCUT2D eigenvalue weighted by Crippen LogP contribution is 2.44. The van der Waals surface area contributed by atoms with Crippen LogP contribution in [0.2, 0.25) is 0 Å². The number of anilines is 1. The van der Waals surface area contributed by atoms with Gasteiger partial charge in [-0.05, 0) is 31.0 Å². The lowest BCUT2D eigenvalue weighted by atomic mass is 10.1. The Morgan fingerprint density at radius 1 is 1.29 bits per heavy atom. The number of thioether (sulfide) groups is 1. The molecule has 6 nitrogen and oxygen atoms in total. The van der Waals surface area contributed by atoms with Gasteiger partial charge in [0.05, 0.1) is 10.3 Å². The molecule has 0 radical (unpaired) electrons. The average molecular weight is 416 g/mol. The van der Waals surface area contributed by atoms with Crippen molar-refractivity contribution in [2.45, 2.75) is 42.6 Å². The second-order valence-electron chi connectivity index (χ2n) is 6.77. The number of alkyl halides is 3. The normalized spacial score (nSPS) is 21.2. The Morgan fingerprint density at radius 2 is 2.00 bits per heavy atom. The molecule has 2 fully saturated rings. The van der Waals surface area contributed by atoms with E-state index in [2.05, 4.69) is 10.6 Å². The summed E-state index contributed by atoms with van der Waals surface area (Å²) in [6.07, 6.45) is -1.01. The van der Waals surface area contributed by atoms with E-state index in [4.69, 9.17) is 4.74 Å². The number of amides is 2. The third-order valence-electron chi connectivity index (χ3n) is 4.76. The van der Waals surface area contributed by atoms with Crippen LogP contribution in [-0.2, 0) is 25.3 Å². The maximum Gasteiger partial charge on any atom is 0.416 e. The van der Waals surface area contributed by atoms with Gasteiger partial charge in [0.2, 0.25) is 5.91 Å². The monoisotopic (exact) mass is 416 g/mol. The van der Waals surface area contributed by atoms with Gasteiger partial charge < -0.3 is 15.4 Å². The first-order chi connectivity index (χ1) is 13.2. The summed E-state index contributed by atoms with van der Waals surface area (Å²) < 4.78 is 42.5. The summed E-state index contributed by atoms with van der Waals surface area (Å²) in [4.78, 5) is 36.3. The van der Waals surface area contributed by atoms with Gasteiger partial charge in [-0.15, -0.1) is 11.8 Å². The van der Waals surface area contributed by atoms with Crippen molar-refractivity contribution < 1.29 is 32.3 Å². The van der Waals surface area contributed by atoms with Crippen molar-refractivity contribution in [2.24, 2.45) is 0 Å². The quantitative estimate of drug-likeness (QED) is 0.738. The first-order valence-electron chi connectivity index (χ1n) is 8.78. The lowest BCUT2D eigenvalue weighted by Crippen LogP contribution is -2.56. The number of hydrogen-bond donors (Lipinski definition) is 2. The minimum Gasteiger partial charge on any atom is -0.454 e. The molecule has 2 amide bonds. The Balaban J connectivity index is 1.48. The first-order valence-corrected chi connectivity index (χ1v) is 9.77. The van der Waals surface area contributed by atoms with Crippen LogP contribution in [0.4, 0.5) is 18.9 Å². The topological polar surface area (TPSA) is 84.5 Å². The minimum atomic E-state index is -4.53. The summed E-state index contributed by atoms with van der Waals surface area (Å²) in [7, 11) is 0. The number of hydrogen-bond acceptors (Lipinski definition) is 5. The molecule has 1 saturated carbocycles. The Bertz CT molecular complexity index is 778. The molecule has 1 spiro atoms. The standard InChI is InChI=1S/C18H19F3N2O4S/c19-18(20,21)11-4-3-5-12(8-11)22-14(24)9-27-15(25)13-10-28-17(16(26)23-13)6-1-2-7-17/h3-5,8,13H,1-2,6-7,9-10H2,(H,22,24)(H,23,26)/t13-/m1/s1. The van der Waals surface area contributed by atoms with E-state index in [0.717, 1.165) is 43.9 Å². The van der Waals surface area contributed by atoms with Crippen molar-refractivity contribution in [3.63, 3.8) is 0 Å². The molecule has 10 heteroatoms. The smallest absolute Gasteiger partial charge is 0.416 e. The Morgan fingerprint density at radius 3 is 2.64 bits per heavy atom. The van der Waals surface area contributed by atoms with Gasteiger partial charge in [0.25, 0.3) is 5.91 Å². The fraction of sp³-hybridized carbons (Fsp3) is 0.500.